The van der Waals surface area contributed by atoms with Crippen LogP contribution in [0.5, 0.6) is 0 Å². The summed E-state index contributed by atoms with van der Waals surface area (Å²) in [5.74, 6) is -1.77. The third kappa shape index (κ3) is 3.94. The molecule has 0 radical (unpaired) electrons. The van der Waals surface area contributed by atoms with Gasteiger partial charge in [0.05, 0.1) is 13.4 Å². The van der Waals surface area contributed by atoms with Crippen LogP contribution in [0.4, 0.5) is 18.9 Å². The SMILES string of the molecule is COC(=O)[C@](NS(C)(=O)=O)(c1ccc(N(C)C)cc1)C(F)(F)F. The first kappa shape index (κ1) is 19.2. The molecule has 23 heavy (non-hydrogen) atoms. The number of halogens is 3. The zero-order valence-electron chi connectivity index (χ0n) is 12.9. The maximum absolute atomic E-state index is 13.6. The number of carbonyl (C=O) groups excluding carboxylic acids is 1. The number of rotatable bonds is 5. The van der Waals surface area contributed by atoms with E-state index in [2.05, 4.69) is 4.74 Å². The van der Waals surface area contributed by atoms with Crippen molar-refractivity contribution in [1.29, 1.82) is 0 Å². The fourth-order valence-corrected chi connectivity index (χ4v) is 2.87. The number of ether oxygens (including phenoxy) is 1. The lowest BCUT2D eigenvalue weighted by atomic mass is 9.90. The van der Waals surface area contributed by atoms with E-state index >= 15 is 0 Å². The van der Waals surface area contributed by atoms with E-state index in [9.17, 15) is 26.4 Å². The van der Waals surface area contributed by atoms with E-state index in [1.54, 1.807) is 19.0 Å². The Kier molecular flexibility index (Phi) is 5.32. The summed E-state index contributed by atoms with van der Waals surface area (Å²) in [7, 11) is -0.262. The Hall–Kier alpha value is -1.81. The number of nitrogens with zero attached hydrogens (tertiary/aromatic N) is 1. The Labute approximate surface area is 132 Å². The molecule has 0 saturated carbocycles. The van der Waals surface area contributed by atoms with E-state index in [0.717, 1.165) is 19.2 Å². The predicted molar refractivity (Wildman–Crippen MR) is 78.5 cm³/mol. The van der Waals surface area contributed by atoms with Crippen LogP contribution in [-0.2, 0) is 25.1 Å². The highest BCUT2D eigenvalue weighted by atomic mass is 32.2. The molecule has 0 spiro atoms. The highest BCUT2D eigenvalue weighted by Crippen LogP contribution is 2.41. The van der Waals surface area contributed by atoms with Gasteiger partial charge in [-0.25, -0.2) is 13.2 Å². The average Bonchev–Trinajstić information content (AvgIpc) is 2.41. The average molecular weight is 354 g/mol. The second kappa shape index (κ2) is 6.36. The lowest BCUT2D eigenvalue weighted by Crippen LogP contribution is -2.61. The van der Waals surface area contributed by atoms with Crippen molar-refractivity contribution in [3.05, 3.63) is 29.8 Å². The molecule has 1 atom stereocenters. The minimum Gasteiger partial charge on any atom is -0.467 e. The van der Waals surface area contributed by atoms with Crippen molar-refractivity contribution >= 4 is 21.7 Å². The third-order valence-corrected chi connectivity index (χ3v) is 3.75. The van der Waals surface area contributed by atoms with Gasteiger partial charge in [0, 0.05) is 19.8 Å². The minimum atomic E-state index is -5.25. The summed E-state index contributed by atoms with van der Waals surface area (Å²) in [4.78, 5) is 13.5. The summed E-state index contributed by atoms with van der Waals surface area (Å²) in [6, 6.07) is 4.72. The summed E-state index contributed by atoms with van der Waals surface area (Å²) >= 11 is 0. The zero-order valence-corrected chi connectivity index (χ0v) is 13.7. The van der Waals surface area contributed by atoms with Crippen LogP contribution in [0.3, 0.4) is 0 Å². The fraction of sp³-hybridized carbons (Fsp3) is 0.462. The maximum Gasteiger partial charge on any atom is 0.422 e. The van der Waals surface area contributed by atoms with Crippen molar-refractivity contribution < 1.29 is 31.1 Å². The quantitative estimate of drug-likeness (QED) is 0.805. The van der Waals surface area contributed by atoms with Crippen LogP contribution < -0.4 is 9.62 Å². The Morgan fingerprint density at radius 3 is 1.96 bits per heavy atom. The van der Waals surface area contributed by atoms with E-state index < -0.39 is 33.3 Å². The monoisotopic (exact) mass is 354 g/mol. The van der Waals surface area contributed by atoms with Crippen LogP contribution in [0.25, 0.3) is 0 Å². The number of benzene rings is 1. The summed E-state index contributed by atoms with van der Waals surface area (Å²) in [6.07, 6.45) is -4.71. The molecule has 0 aliphatic carbocycles. The number of methoxy groups -OCH3 is 1. The zero-order chi connectivity index (χ0) is 18.1. The van der Waals surface area contributed by atoms with Gasteiger partial charge in [0.15, 0.2) is 0 Å². The molecular weight excluding hydrogens is 337 g/mol. The molecule has 0 saturated heterocycles. The van der Waals surface area contributed by atoms with Gasteiger partial charge in [0.25, 0.3) is 5.54 Å². The number of alkyl halides is 3. The molecule has 0 unspecified atom stereocenters. The Morgan fingerprint density at radius 1 is 1.17 bits per heavy atom. The van der Waals surface area contributed by atoms with Crippen LogP contribution in [0.2, 0.25) is 0 Å². The molecule has 0 amide bonds. The van der Waals surface area contributed by atoms with Gasteiger partial charge in [-0.2, -0.15) is 17.9 Å². The van der Waals surface area contributed by atoms with E-state index in [0.29, 0.717) is 11.9 Å². The highest BCUT2D eigenvalue weighted by molar-refractivity contribution is 7.88. The summed E-state index contributed by atoms with van der Waals surface area (Å²) in [5, 5.41) is 0. The number of nitrogens with one attached hydrogen (secondary N) is 1. The first-order valence-electron chi connectivity index (χ1n) is 6.27. The molecule has 1 aromatic carbocycles. The molecule has 1 aromatic rings. The lowest BCUT2D eigenvalue weighted by molar-refractivity contribution is -0.210. The van der Waals surface area contributed by atoms with Gasteiger partial charge in [-0.3, -0.25) is 0 Å². The number of hydrogen-bond acceptors (Lipinski definition) is 5. The Morgan fingerprint density at radius 2 is 1.65 bits per heavy atom. The third-order valence-electron chi connectivity index (χ3n) is 3.07. The molecule has 0 aromatic heterocycles. The van der Waals surface area contributed by atoms with Gasteiger partial charge in [-0.05, 0) is 17.7 Å². The molecular formula is C13H17F3N2O4S. The molecule has 6 nitrogen and oxygen atoms in total. The fourth-order valence-electron chi connectivity index (χ4n) is 2.00. The van der Waals surface area contributed by atoms with Crippen molar-refractivity contribution in [2.75, 3.05) is 32.4 Å². The minimum absolute atomic E-state index is 0.532. The molecule has 10 heteroatoms. The van der Waals surface area contributed by atoms with Gasteiger partial charge in [0.2, 0.25) is 10.0 Å². The normalized spacial score (nSPS) is 14.9. The molecule has 0 aliphatic heterocycles. The van der Waals surface area contributed by atoms with Crippen molar-refractivity contribution in [2.45, 2.75) is 11.7 Å². The van der Waals surface area contributed by atoms with Crippen molar-refractivity contribution in [3.8, 4) is 0 Å². The van der Waals surface area contributed by atoms with Gasteiger partial charge >= 0.3 is 12.1 Å². The van der Waals surface area contributed by atoms with E-state index in [-0.39, 0.29) is 0 Å². The van der Waals surface area contributed by atoms with Crippen LogP contribution >= 0.6 is 0 Å². The van der Waals surface area contributed by atoms with Gasteiger partial charge in [-0.1, -0.05) is 12.1 Å². The summed E-state index contributed by atoms with van der Waals surface area (Å²) < 4.78 is 69.4. The molecule has 0 bridgehead atoms. The smallest absolute Gasteiger partial charge is 0.422 e. The molecule has 0 aliphatic rings. The topological polar surface area (TPSA) is 75.7 Å². The Bertz CT molecular complexity index is 671. The van der Waals surface area contributed by atoms with Crippen LogP contribution in [0, 0.1) is 0 Å². The van der Waals surface area contributed by atoms with Gasteiger partial charge in [-0.15, -0.1) is 0 Å². The van der Waals surface area contributed by atoms with Crippen molar-refractivity contribution in [2.24, 2.45) is 0 Å². The first-order valence-corrected chi connectivity index (χ1v) is 8.16. The second-order valence-electron chi connectivity index (χ2n) is 5.05. The standard InChI is InChI=1S/C13H17F3N2O4S/c1-18(2)10-7-5-9(6-8-10)12(11(19)22-3,13(14,15)16)17-23(4,20)21/h5-8,17H,1-4H3/t12-/m1/s1. The van der Waals surface area contributed by atoms with E-state index in [4.69, 9.17) is 0 Å². The number of esters is 1. The number of hydrogen-bond donors (Lipinski definition) is 1. The molecule has 1 rings (SSSR count). The first-order chi connectivity index (χ1) is 10.3. The lowest BCUT2D eigenvalue weighted by Gasteiger charge is -2.33. The van der Waals surface area contributed by atoms with Gasteiger partial charge in [0.1, 0.15) is 0 Å². The van der Waals surface area contributed by atoms with E-state index in [1.165, 1.54) is 16.9 Å². The number of sulfonamides is 1. The summed E-state index contributed by atoms with van der Waals surface area (Å²) in [5.41, 5.74) is -3.53. The number of anilines is 1. The highest BCUT2D eigenvalue weighted by Gasteiger charge is 2.64. The molecule has 0 heterocycles. The van der Waals surface area contributed by atoms with Crippen LogP contribution in [-0.4, -0.2) is 48.0 Å². The van der Waals surface area contributed by atoms with E-state index in [1.807, 2.05) is 0 Å². The van der Waals surface area contributed by atoms with Crippen molar-refractivity contribution in [1.82, 2.24) is 4.72 Å². The molecule has 0 fully saturated rings. The largest absolute Gasteiger partial charge is 0.467 e. The van der Waals surface area contributed by atoms with Gasteiger partial charge < -0.3 is 9.64 Å². The Balaban J connectivity index is 3.64. The predicted octanol–water partition coefficient (Wildman–Crippen LogP) is 1.23. The van der Waals surface area contributed by atoms with Crippen LogP contribution in [0.1, 0.15) is 5.56 Å². The maximum atomic E-state index is 13.6. The summed E-state index contributed by atoms with van der Waals surface area (Å²) in [6.45, 7) is 0. The number of carbonyl (C=O) groups is 1. The molecule has 1 N–H and O–H groups in total. The molecule has 130 valence electrons. The van der Waals surface area contributed by atoms with Crippen molar-refractivity contribution in [3.63, 3.8) is 0 Å². The van der Waals surface area contributed by atoms with Crippen LogP contribution in [0.15, 0.2) is 24.3 Å². The second-order valence-corrected chi connectivity index (χ2v) is 6.80.